The molecule has 0 radical (unpaired) electrons. The number of rotatable bonds is 1. The second kappa shape index (κ2) is 6.59. The van der Waals surface area contributed by atoms with Gasteiger partial charge in [-0.25, -0.2) is 0 Å². The first-order valence-electron chi connectivity index (χ1n) is 4.11. The van der Waals surface area contributed by atoms with Crippen molar-refractivity contribution < 1.29 is 14.6 Å². The predicted molar refractivity (Wildman–Crippen MR) is 48.9 cm³/mol. The molecule has 0 aromatic heterocycles. The van der Waals surface area contributed by atoms with Crippen LogP contribution in [-0.2, 0) is 9.53 Å². The summed E-state index contributed by atoms with van der Waals surface area (Å²) < 4.78 is 5.13. The lowest BCUT2D eigenvalue weighted by Crippen LogP contribution is -3.10. The summed E-state index contributed by atoms with van der Waals surface area (Å²) in [7, 11) is 0. The Morgan fingerprint density at radius 3 is 2.62 bits per heavy atom. The number of hydrogen-bond donors (Lipinski definition) is 2. The second-order valence-corrected chi connectivity index (χ2v) is 2.78. The maximum atomic E-state index is 10.6. The van der Waals surface area contributed by atoms with Crippen LogP contribution in [0.25, 0.3) is 0 Å². The van der Waals surface area contributed by atoms with Crippen LogP contribution in [0, 0.1) is 5.21 Å². The van der Waals surface area contributed by atoms with E-state index in [0.717, 1.165) is 6.08 Å². The lowest BCUT2D eigenvalue weighted by Gasteiger charge is -2.30. The molecule has 0 aliphatic carbocycles. The molecule has 0 saturated carbocycles. The molecule has 0 aromatic carbocycles. The van der Waals surface area contributed by atoms with Crippen molar-refractivity contribution in [2.45, 2.75) is 13.0 Å². The number of quaternary nitrogens is 1. The summed E-state index contributed by atoms with van der Waals surface area (Å²) in [5.41, 5.74) is 4.53. The first-order chi connectivity index (χ1) is 6.06. The van der Waals surface area contributed by atoms with Gasteiger partial charge in [0.05, 0.1) is 6.61 Å². The van der Waals surface area contributed by atoms with E-state index in [2.05, 4.69) is 12.3 Å². The van der Waals surface area contributed by atoms with E-state index < -0.39 is 5.91 Å². The Bertz CT molecular complexity index is 165. The van der Waals surface area contributed by atoms with Gasteiger partial charge in [-0.1, -0.05) is 6.58 Å². The Balaban J connectivity index is 0.000000252. The second-order valence-electron chi connectivity index (χ2n) is 2.78. The summed E-state index contributed by atoms with van der Waals surface area (Å²) in [5.74, 6) is -0.481. The number of carbonyl (C=O) groups excluding carboxylic acids is 1. The topological polar surface area (TPSA) is 79.8 Å². The van der Waals surface area contributed by atoms with E-state index in [-0.39, 0.29) is 6.10 Å². The Kier molecular flexibility index (Phi) is 6.13. The number of carbonyl (C=O) groups is 1. The summed E-state index contributed by atoms with van der Waals surface area (Å²) in [6.07, 6.45) is 1.22. The zero-order chi connectivity index (χ0) is 10.3. The fourth-order valence-corrected chi connectivity index (χ4v) is 0.856. The summed E-state index contributed by atoms with van der Waals surface area (Å²) in [6.45, 7) is 6.86. The molecule has 3 N–H and O–H groups in total. The Morgan fingerprint density at radius 1 is 1.85 bits per heavy atom. The van der Waals surface area contributed by atoms with Crippen molar-refractivity contribution in [1.82, 2.24) is 0 Å². The van der Waals surface area contributed by atoms with Crippen molar-refractivity contribution in [2.75, 3.05) is 19.7 Å². The molecule has 1 aliphatic rings. The minimum Gasteiger partial charge on any atom is -0.634 e. The highest BCUT2D eigenvalue weighted by Gasteiger charge is 2.12. The van der Waals surface area contributed by atoms with Gasteiger partial charge >= 0.3 is 0 Å². The summed E-state index contributed by atoms with van der Waals surface area (Å²) in [6, 6.07) is 0. The van der Waals surface area contributed by atoms with Gasteiger partial charge in [-0.05, 0) is 13.0 Å². The van der Waals surface area contributed by atoms with E-state index in [4.69, 9.17) is 4.74 Å². The summed E-state index contributed by atoms with van der Waals surface area (Å²) in [4.78, 5) is 9.47. The van der Waals surface area contributed by atoms with Crippen LogP contribution >= 0.6 is 0 Å². The van der Waals surface area contributed by atoms with Crippen molar-refractivity contribution in [3.63, 3.8) is 0 Å². The van der Waals surface area contributed by atoms with Gasteiger partial charge in [-0.3, -0.25) is 4.79 Å². The SMILES string of the molecule is C=CC(N)=O.CC1C[NH+]([O-])CCO1. The van der Waals surface area contributed by atoms with Gasteiger partial charge in [0.25, 0.3) is 0 Å². The van der Waals surface area contributed by atoms with Crippen molar-refractivity contribution in [3.05, 3.63) is 17.9 Å². The third-order valence-electron chi connectivity index (χ3n) is 1.50. The summed E-state index contributed by atoms with van der Waals surface area (Å²) >= 11 is 0. The van der Waals surface area contributed by atoms with Crippen LogP contribution in [0.15, 0.2) is 12.7 Å². The highest BCUT2D eigenvalue weighted by molar-refractivity contribution is 5.84. The molecule has 76 valence electrons. The van der Waals surface area contributed by atoms with Gasteiger partial charge in [0, 0.05) is 0 Å². The Morgan fingerprint density at radius 2 is 2.38 bits per heavy atom. The standard InChI is InChI=1S/C5H11NO2.C3H5NO/c1-5-4-6(7)2-3-8-5;1-2-3(4)5/h5-6H,2-4H2,1H3;2H,1H2,(H2,4,5). The number of nitrogens with two attached hydrogens (primary N) is 1. The average Bonchev–Trinajstić information content (AvgIpc) is 2.05. The van der Waals surface area contributed by atoms with Gasteiger partial charge in [0.1, 0.15) is 19.2 Å². The monoisotopic (exact) mass is 188 g/mol. The quantitative estimate of drug-likeness (QED) is 0.386. The number of amides is 1. The smallest absolute Gasteiger partial charge is 0.240 e. The van der Waals surface area contributed by atoms with Crippen molar-refractivity contribution >= 4 is 5.91 Å². The van der Waals surface area contributed by atoms with Crippen LogP contribution in [0.4, 0.5) is 0 Å². The third kappa shape index (κ3) is 7.45. The molecule has 13 heavy (non-hydrogen) atoms. The number of hydroxylamine groups is 2. The number of ether oxygens (including phenoxy) is 1. The minimum absolute atomic E-state index is 0.163. The van der Waals surface area contributed by atoms with Crippen LogP contribution in [0.3, 0.4) is 0 Å². The van der Waals surface area contributed by atoms with Gasteiger partial charge in [-0.2, -0.15) is 0 Å². The van der Waals surface area contributed by atoms with E-state index >= 15 is 0 Å². The van der Waals surface area contributed by atoms with Crippen LogP contribution < -0.4 is 10.8 Å². The van der Waals surface area contributed by atoms with Crippen LogP contribution in [-0.4, -0.2) is 31.7 Å². The zero-order valence-electron chi connectivity index (χ0n) is 7.79. The number of morpholine rings is 1. The molecule has 0 spiro atoms. The van der Waals surface area contributed by atoms with Crippen LogP contribution in [0.2, 0.25) is 0 Å². The summed E-state index contributed by atoms with van der Waals surface area (Å²) in [5, 5.41) is 10.9. The maximum absolute atomic E-state index is 10.6. The molecular weight excluding hydrogens is 172 g/mol. The van der Waals surface area contributed by atoms with E-state index in [1.165, 1.54) is 0 Å². The third-order valence-corrected chi connectivity index (χ3v) is 1.50. The fourth-order valence-electron chi connectivity index (χ4n) is 0.856. The molecule has 0 bridgehead atoms. The molecule has 2 unspecified atom stereocenters. The van der Waals surface area contributed by atoms with Crippen molar-refractivity contribution in [3.8, 4) is 0 Å². The average molecular weight is 188 g/mol. The first-order valence-corrected chi connectivity index (χ1v) is 4.11. The predicted octanol–water partition coefficient (Wildman–Crippen LogP) is -1.55. The molecule has 5 heteroatoms. The van der Waals surface area contributed by atoms with Crippen LogP contribution in [0.1, 0.15) is 6.92 Å². The molecule has 1 amide bonds. The highest BCUT2D eigenvalue weighted by Crippen LogP contribution is 1.87. The lowest BCUT2D eigenvalue weighted by molar-refractivity contribution is -0.861. The highest BCUT2D eigenvalue weighted by atomic mass is 16.5. The van der Waals surface area contributed by atoms with Crippen LogP contribution in [0.5, 0.6) is 0 Å². The van der Waals surface area contributed by atoms with Gasteiger partial charge in [0.15, 0.2) is 0 Å². The Hall–Kier alpha value is -0.910. The molecule has 1 saturated heterocycles. The molecule has 1 fully saturated rings. The number of nitrogens with one attached hydrogen (secondary N) is 1. The molecule has 1 aliphatic heterocycles. The minimum atomic E-state index is -0.481. The molecule has 1 rings (SSSR count). The van der Waals surface area contributed by atoms with Crippen molar-refractivity contribution in [2.24, 2.45) is 5.73 Å². The molecule has 1 heterocycles. The van der Waals surface area contributed by atoms with Gasteiger partial charge in [0.2, 0.25) is 5.91 Å². The lowest BCUT2D eigenvalue weighted by atomic mass is 10.3. The molecule has 5 nitrogen and oxygen atoms in total. The first kappa shape index (κ1) is 12.1. The number of primary amides is 1. The normalized spacial score (nSPS) is 26.9. The molecule has 0 aromatic rings. The van der Waals surface area contributed by atoms with E-state index in [1.54, 1.807) is 0 Å². The van der Waals surface area contributed by atoms with E-state index in [0.29, 0.717) is 24.8 Å². The zero-order valence-corrected chi connectivity index (χ0v) is 7.79. The number of hydrogen-bond acceptors (Lipinski definition) is 3. The fraction of sp³-hybridized carbons (Fsp3) is 0.625. The van der Waals surface area contributed by atoms with E-state index in [1.807, 2.05) is 6.92 Å². The van der Waals surface area contributed by atoms with Gasteiger partial charge < -0.3 is 20.7 Å². The van der Waals surface area contributed by atoms with E-state index in [9.17, 15) is 10.0 Å². The largest absolute Gasteiger partial charge is 0.634 e. The van der Waals surface area contributed by atoms with Crippen molar-refractivity contribution in [1.29, 1.82) is 0 Å². The maximum Gasteiger partial charge on any atom is 0.240 e. The van der Waals surface area contributed by atoms with Gasteiger partial charge in [-0.15, -0.1) is 0 Å². The molecular formula is C8H16N2O3. The Labute approximate surface area is 77.7 Å². The molecule has 2 atom stereocenters.